The van der Waals surface area contributed by atoms with Gasteiger partial charge in [0.25, 0.3) is 0 Å². The van der Waals surface area contributed by atoms with Crippen LogP contribution in [0.25, 0.3) is 0 Å². The van der Waals surface area contributed by atoms with Crippen molar-refractivity contribution >= 4 is 0 Å². The third-order valence-electron chi connectivity index (χ3n) is 1.21. The molecule has 1 aliphatic heterocycles. The molecule has 1 saturated heterocycles. The van der Waals surface area contributed by atoms with E-state index in [2.05, 4.69) is 12.1 Å². The average Bonchev–Trinajstić information content (AvgIpc) is 1.75. The second-order valence-electron chi connectivity index (χ2n) is 2.60. The molecule has 0 radical (unpaired) electrons. The molecule has 0 unspecified atom stereocenters. The van der Waals surface area contributed by atoms with Crippen molar-refractivity contribution in [2.75, 3.05) is 19.8 Å². The summed E-state index contributed by atoms with van der Waals surface area (Å²) in [6.07, 6.45) is 0. The molecule has 1 fully saturated rings. The van der Waals surface area contributed by atoms with Crippen molar-refractivity contribution in [3.05, 3.63) is 12.2 Å². The molecule has 0 aromatic heterocycles. The van der Waals surface area contributed by atoms with E-state index in [1.165, 1.54) is 0 Å². The summed E-state index contributed by atoms with van der Waals surface area (Å²) in [6, 6.07) is 0.388. The maximum atomic E-state index is 5.07. The lowest BCUT2D eigenvalue weighted by Gasteiger charge is -2.26. The van der Waals surface area contributed by atoms with Crippen LogP contribution in [-0.2, 0) is 9.57 Å². The highest BCUT2D eigenvalue weighted by Gasteiger charge is 2.17. The fourth-order valence-corrected chi connectivity index (χ4v) is 0.586. The zero-order chi connectivity index (χ0) is 7.40. The number of hydroxylamine groups is 1. The first-order valence-electron chi connectivity index (χ1n) is 3.38. The molecule has 0 amide bonds. The fraction of sp³-hybridized carbons (Fsp3) is 0.714. The Morgan fingerprint density at radius 3 is 2.90 bits per heavy atom. The number of ether oxygens (including phenoxy) is 1. The monoisotopic (exact) mass is 143 g/mol. The topological polar surface area (TPSA) is 30.5 Å². The van der Waals surface area contributed by atoms with Crippen LogP contribution in [0.2, 0.25) is 0 Å². The van der Waals surface area contributed by atoms with Gasteiger partial charge in [-0.2, -0.15) is 5.48 Å². The van der Waals surface area contributed by atoms with E-state index in [1.807, 2.05) is 6.92 Å². The quantitative estimate of drug-likeness (QED) is 0.458. The Morgan fingerprint density at radius 1 is 1.80 bits per heavy atom. The Balaban J connectivity index is 1.89. The maximum absolute atomic E-state index is 5.07. The molecule has 0 aromatic carbocycles. The Hall–Kier alpha value is -0.380. The van der Waals surface area contributed by atoms with Crippen LogP contribution < -0.4 is 5.48 Å². The Morgan fingerprint density at radius 2 is 2.50 bits per heavy atom. The SMILES string of the molecule is C=C(C)CONC1COC1. The van der Waals surface area contributed by atoms with Gasteiger partial charge in [0, 0.05) is 0 Å². The van der Waals surface area contributed by atoms with Crippen LogP contribution in [0.3, 0.4) is 0 Å². The Kier molecular flexibility index (Phi) is 2.86. The molecule has 1 heterocycles. The van der Waals surface area contributed by atoms with Crippen LogP contribution in [0.5, 0.6) is 0 Å². The molecule has 0 atom stereocenters. The molecule has 0 bridgehead atoms. The van der Waals surface area contributed by atoms with Gasteiger partial charge in [-0.1, -0.05) is 12.2 Å². The summed E-state index contributed by atoms with van der Waals surface area (Å²) < 4.78 is 4.93. The summed E-state index contributed by atoms with van der Waals surface area (Å²) in [5.74, 6) is 0. The number of rotatable bonds is 4. The summed E-state index contributed by atoms with van der Waals surface area (Å²) in [7, 11) is 0. The minimum absolute atomic E-state index is 0.388. The first kappa shape index (κ1) is 7.72. The fourth-order valence-electron chi connectivity index (χ4n) is 0.586. The van der Waals surface area contributed by atoms with Crippen molar-refractivity contribution in [2.24, 2.45) is 0 Å². The van der Waals surface area contributed by atoms with Gasteiger partial charge in [-0.15, -0.1) is 0 Å². The molecule has 0 aromatic rings. The molecule has 58 valence electrons. The molecule has 1 rings (SSSR count). The predicted octanol–water partition coefficient (Wildman–Crippen LogP) is 0.482. The van der Waals surface area contributed by atoms with Crippen LogP contribution in [0.1, 0.15) is 6.92 Å². The van der Waals surface area contributed by atoms with Gasteiger partial charge in [0.05, 0.1) is 25.9 Å². The third kappa shape index (κ3) is 2.47. The first-order valence-corrected chi connectivity index (χ1v) is 3.38. The van der Waals surface area contributed by atoms with Crippen molar-refractivity contribution in [3.63, 3.8) is 0 Å². The molecule has 1 N–H and O–H groups in total. The number of hydrogen-bond donors (Lipinski definition) is 1. The Labute approximate surface area is 61.0 Å². The highest BCUT2D eigenvalue weighted by molar-refractivity contribution is 4.87. The second-order valence-corrected chi connectivity index (χ2v) is 2.60. The molecule has 10 heavy (non-hydrogen) atoms. The lowest BCUT2D eigenvalue weighted by atomic mass is 10.3. The third-order valence-corrected chi connectivity index (χ3v) is 1.21. The lowest BCUT2D eigenvalue weighted by molar-refractivity contribution is -0.0834. The van der Waals surface area contributed by atoms with Crippen molar-refractivity contribution in [3.8, 4) is 0 Å². The van der Waals surface area contributed by atoms with E-state index in [4.69, 9.17) is 9.57 Å². The van der Waals surface area contributed by atoms with Gasteiger partial charge >= 0.3 is 0 Å². The molecule has 0 saturated carbocycles. The zero-order valence-electron chi connectivity index (χ0n) is 6.22. The number of nitrogens with one attached hydrogen (secondary N) is 1. The summed E-state index contributed by atoms with van der Waals surface area (Å²) in [6.45, 7) is 7.73. The Bertz CT molecular complexity index is 121. The maximum Gasteiger partial charge on any atom is 0.0887 e. The second kappa shape index (κ2) is 3.71. The van der Waals surface area contributed by atoms with E-state index in [0.29, 0.717) is 12.6 Å². The van der Waals surface area contributed by atoms with E-state index < -0.39 is 0 Å². The van der Waals surface area contributed by atoms with Gasteiger partial charge in [-0.3, -0.25) is 4.84 Å². The minimum Gasteiger partial charge on any atom is -0.378 e. The number of hydrogen-bond acceptors (Lipinski definition) is 3. The van der Waals surface area contributed by atoms with Gasteiger partial charge in [-0.05, 0) is 6.92 Å². The highest BCUT2D eigenvalue weighted by atomic mass is 16.7. The van der Waals surface area contributed by atoms with Crippen molar-refractivity contribution in [1.82, 2.24) is 5.48 Å². The molecule has 1 aliphatic rings. The van der Waals surface area contributed by atoms with Crippen LogP contribution in [0, 0.1) is 0 Å². The van der Waals surface area contributed by atoms with E-state index in [0.717, 1.165) is 18.8 Å². The summed E-state index contributed by atoms with van der Waals surface area (Å²) in [4.78, 5) is 5.07. The molecule has 0 spiro atoms. The van der Waals surface area contributed by atoms with Gasteiger partial charge in [0.1, 0.15) is 0 Å². The van der Waals surface area contributed by atoms with Gasteiger partial charge in [-0.25, -0.2) is 0 Å². The van der Waals surface area contributed by atoms with E-state index in [1.54, 1.807) is 0 Å². The smallest absolute Gasteiger partial charge is 0.0887 e. The van der Waals surface area contributed by atoms with E-state index in [9.17, 15) is 0 Å². The molecule has 0 aliphatic carbocycles. The van der Waals surface area contributed by atoms with Crippen molar-refractivity contribution in [1.29, 1.82) is 0 Å². The van der Waals surface area contributed by atoms with Crippen molar-refractivity contribution in [2.45, 2.75) is 13.0 Å². The normalized spacial score (nSPS) is 18.5. The van der Waals surface area contributed by atoms with Crippen LogP contribution in [0.4, 0.5) is 0 Å². The summed E-state index contributed by atoms with van der Waals surface area (Å²) >= 11 is 0. The van der Waals surface area contributed by atoms with Crippen LogP contribution >= 0.6 is 0 Å². The van der Waals surface area contributed by atoms with E-state index in [-0.39, 0.29) is 0 Å². The first-order chi connectivity index (χ1) is 4.79. The summed E-state index contributed by atoms with van der Waals surface area (Å²) in [5, 5.41) is 0. The standard InChI is InChI=1S/C7H13NO2/c1-6(2)3-10-8-7-4-9-5-7/h7-8H,1,3-5H2,2H3. The largest absolute Gasteiger partial charge is 0.378 e. The molecular weight excluding hydrogens is 130 g/mol. The van der Waals surface area contributed by atoms with Gasteiger partial charge in [0.15, 0.2) is 0 Å². The van der Waals surface area contributed by atoms with Gasteiger partial charge < -0.3 is 4.74 Å². The highest BCUT2D eigenvalue weighted by Crippen LogP contribution is 1.99. The van der Waals surface area contributed by atoms with Gasteiger partial charge in [0.2, 0.25) is 0 Å². The average molecular weight is 143 g/mol. The summed E-state index contributed by atoms with van der Waals surface area (Å²) in [5.41, 5.74) is 3.89. The van der Waals surface area contributed by atoms with Crippen LogP contribution in [0.15, 0.2) is 12.2 Å². The molecule has 3 heteroatoms. The lowest BCUT2D eigenvalue weighted by Crippen LogP contribution is -2.45. The van der Waals surface area contributed by atoms with Crippen molar-refractivity contribution < 1.29 is 9.57 Å². The zero-order valence-corrected chi connectivity index (χ0v) is 6.22. The van der Waals surface area contributed by atoms with Crippen LogP contribution in [-0.4, -0.2) is 25.9 Å². The predicted molar refractivity (Wildman–Crippen MR) is 38.5 cm³/mol. The van der Waals surface area contributed by atoms with E-state index >= 15 is 0 Å². The minimum atomic E-state index is 0.388. The molecule has 3 nitrogen and oxygen atoms in total. The molecular formula is C7H13NO2.